The average Bonchev–Trinajstić information content (AvgIpc) is 2.72. The van der Waals surface area contributed by atoms with Gasteiger partial charge in [0.05, 0.1) is 12.3 Å². The lowest BCUT2D eigenvalue weighted by Crippen LogP contribution is -2.28. The minimum absolute atomic E-state index is 0.197. The molecule has 1 aromatic heterocycles. The van der Waals surface area contributed by atoms with Crippen LogP contribution in [0.2, 0.25) is 0 Å². The van der Waals surface area contributed by atoms with Gasteiger partial charge in [0, 0.05) is 12.2 Å². The van der Waals surface area contributed by atoms with E-state index in [2.05, 4.69) is 30.2 Å². The molecule has 2 unspecified atom stereocenters. The van der Waals surface area contributed by atoms with Crippen molar-refractivity contribution < 1.29 is 4.74 Å². The average molecular weight is 262 g/mol. The maximum Gasteiger partial charge on any atom is 0.138 e. The van der Waals surface area contributed by atoms with Gasteiger partial charge in [-0.1, -0.05) is 13.8 Å². The number of ether oxygens (including phenoxy) is 1. The molecule has 1 aliphatic carbocycles. The Morgan fingerprint density at radius 1 is 1.47 bits per heavy atom. The van der Waals surface area contributed by atoms with Crippen molar-refractivity contribution in [2.75, 3.05) is 6.54 Å². The van der Waals surface area contributed by atoms with Crippen molar-refractivity contribution in [3.63, 3.8) is 0 Å². The number of nitrogens with zero attached hydrogens (tertiary/aromatic N) is 1. The quantitative estimate of drug-likeness (QED) is 0.884. The fourth-order valence-electron chi connectivity index (χ4n) is 3.05. The minimum atomic E-state index is 0.197. The number of hydrogen-bond donors (Lipinski definition) is 1. The lowest BCUT2D eigenvalue weighted by molar-refractivity contribution is 0.240. The molecule has 106 valence electrons. The maximum atomic E-state index is 5.76. The van der Waals surface area contributed by atoms with Gasteiger partial charge in [-0.25, -0.2) is 0 Å². The molecular formula is C16H26N2O. The van der Waals surface area contributed by atoms with Crippen molar-refractivity contribution >= 4 is 0 Å². The summed E-state index contributed by atoms with van der Waals surface area (Å²) in [5, 5.41) is 3.56. The fraction of sp³-hybridized carbons (Fsp3) is 0.688. The van der Waals surface area contributed by atoms with Gasteiger partial charge in [0.2, 0.25) is 0 Å². The lowest BCUT2D eigenvalue weighted by atomic mass is 9.81. The summed E-state index contributed by atoms with van der Waals surface area (Å²) in [6.07, 6.45) is 7.67. The Morgan fingerprint density at radius 2 is 2.26 bits per heavy atom. The summed E-state index contributed by atoms with van der Waals surface area (Å²) in [6, 6.07) is 2.81. The van der Waals surface area contributed by atoms with Gasteiger partial charge in [-0.05, 0) is 56.7 Å². The first kappa shape index (κ1) is 14.3. The van der Waals surface area contributed by atoms with Gasteiger partial charge in [0.1, 0.15) is 5.75 Å². The summed E-state index contributed by atoms with van der Waals surface area (Å²) in [7, 11) is 0. The highest BCUT2D eigenvalue weighted by Crippen LogP contribution is 2.41. The SMILES string of the molecule is CCNC1CCC(C)(c2cncc(OC(C)C)c2)C1. The van der Waals surface area contributed by atoms with E-state index in [9.17, 15) is 0 Å². The molecule has 1 aliphatic rings. The monoisotopic (exact) mass is 262 g/mol. The molecule has 0 saturated heterocycles. The minimum Gasteiger partial charge on any atom is -0.489 e. The summed E-state index contributed by atoms with van der Waals surface area (Å²) in [4.78, 5) is 4.35. The van der Waals surface area contributed by atoms with Crippen molar-refractivity contribution in [1.29, 1.82) is 0 Å². The second kappa shape index (κ2) is 5.91. The predicted molar refractivity (Wildman–Crippen MR) is 78.7 cm³/mol. The van der Waals surface area contributed by atoms with E-state index in [1.165, 1.54) is 24.8 Å². The highest BCUT2D eigenvalue weighted by molar-refractivity contribution is 5.31. The Balaban J connectivity index is 2.13. The maximum absolute atomic E-state index is 5.76. The number of nitrogens with one attached hydrogen (secondary N) is 1. The van der Waals surface area contributed by atoms with Crippen LogP contribution < -0.4 is 10.1 Å². The van der Waals surface area contributed by atoms with Crippen LogP contribution in [0, 0.1) is 0 Å². The molecule has 3 nitrogen and oxygen atoms in total. The van der Waals surface area contributed by atoms with Crippen molar-refractivity contribution in [3.8, 4) is 5.75 Å². The topological polar surface area (TPSA) is 34.2 Å². The summed E-state index contributed by atoms with van der Waals surface area (Å²) in [5.41, 5.74) is 1.54. The molecule has 0 amide bonds. The number of rotatable bonds is 5. The Hall–Kier alpha value is -1.09. The van der Waals surface area contributed by atoms with Gasteiger partial charge in [0.15, 0.2) is 0 Å². The van der Waals surface area contributed by atoms with E-state index in [-0.39, 0.29) is 11.5 Å². The highest BCUT2D eigenvalue weighted by Gasteiger charge is 2.36. The smallest absolute Gasteiger partial charge is 0.138 e. The molecule has 1 N–H and O–H groups in total. The van der Waals surface area contributed by atoms with Crippen molar-refractivity contribution in [1.82, 2.24) is 10.3 Å². The molecule has 2 atom stereocenters. The molecular weight excluding hydrogens is 236 g/mol. The Kier molecular flexibility index (Phi) is 4.46. The Bertz CT molecular complexity index is 419. The highest BCUT2D eigenvalue weighted by atomic mass is 16.5. The van der Waals surface area contributed by atoms with Crippen LogP contribution in [-0.4, -0.2) is 23.7 Å². The third-order valence-corrected chi connectivity index (χ3v) is 4.02. The standard InChI is InChI=1S/C16H26N2O/c1-5-18-14-6-7-16(4,9-14)13-8-15(11-17-10-13)19-12(2)3/h8,10-12,14,18H,5-7,9H2,1-4H3. The first-order chi connectivity index (χ1) is 9.03. The molecule has 0 spiro atoms. The molecule has 0 bridgehead atoms. The van der Waals surface area contributed by atoms with Gasteiger partial charge in [-0.3, -0.25) is 4.98 Å². The second-order valence-electron chi connectivity index (χ2n) is 6.13. The van der Waals surface area contributed by atoms with Gasteiger partial charge < -0.3 is 10.1 Å². The molecule has 0 radical (unpaired) electrons. The summed E-state index contributed by atoms with van der Waals surface area (Å²) in [5.74, 6) is 0.889. The van der Waals surface area contributed by atoms with E-state index in [1.807, 2.05) is 26.2 Å². The van der Waals surface area contributed by atoms with E-state index in [0.29, 0.717) is 6.04 Å². The van der Waals surface area contributed by atoms with Crippen LogP contribution in [0.3, 0.4) is 0 Å². The van der Waals surface area contributed by atoms with E-state index in [0.717, 1.165) is 12.3 Å². The molecule has 3 heteroatoms. The zero-order valence-corrected chi connectivity index (χ0v) is 12.6. The van der Waals surface area contributed by atoms with E-state index >= 15 is 0 Å². The summed E-state index contributed by atoms with van der Waals surface area (Å²) in [6.45, 7) is 9.67. The molecule has 0 aromatic carbocycles. The molecule has 1 aromatic rings. The Morgan fingerprint density at radius 3 is 2.95 bits per heavy atom. The van der Waals surface area contributed by atoms with Crippen LogP contribution in [0.1, 0.15) is 52.5 Å². The zero-order chi connectivity index (χ0) is 13.9. The summed E-state index contributed by atoms with van der Waals surface area (Å²) >= 11 is 0. The number of pyridine rings is 1. The van der Waals surface area contributed by atoms with Crippen LogP contribution in [-0.2, 0) is 5.41 Å². The van der Waals surface area contributed by atoms with Gasteiger partial charge in [0.25, 0.3) is 0 Å². The van der Waals surface area contributed by atoms with Crippen LogP contribution in [0.5, 0.6) is 5.75 Å². The number of aromatic nitrogens is 1. The van der Waals surface area contributed by atoms with E-state index < -0.39 is 0 Å². The van der Waals surface area contributed by atoms with Crippen molar-refractivity contribution in [2.45, 2.75) is 64.5 Å². The van der Waals surface area contributed by atoms with Crippen molar-refractivity contribution in [3.05, 3.63) is 24.0 Å². The molecule has 19 heavy (non-hydrogen) atoms. The normalized spacial score (nSPS) is 26.9. The lowest BCUT2D eigenvalue weighted by Gasteiger charge is -2.25. The van der Waals surface area contributed by atoms with Crippen LogP contribution in [0.25, 0.3) is 0 Å². The van der Waals surface area contributed by atoms with Crippen LogP contribution >= 0.6 is 0 Å². The molecule has 0 aliphatic heterocycles. The molecule has 1 saturated carbocycles. The second-order valence-corrected chi connectivity index (χ2v) is 6.13. The molecule has 2 rings (SSSR count). The predicted octanol–water partition coefficient (Wildman–Crippen LogP) is 3.29. The number of hydrogen-bond acceptors (Lipinski definition) is 3. The molecule has 1 fully saturated rings. The van der Waals surface area contributed by atoms with E-state index in [4.69, 9.17) is 4.74 Å². The zero-order valence-electron chi connectivity index (χ0n) is 12.6. The van der Waals surface area contributed by atoms with Crippen molar-refractivity contribution in [2.24, 2.45) is 0 Å². The fourth-order valence-corrected chi connectivity index (χ4v) is 3.05. The van der Waals surface area contributed by atoms with Gasteiger partial charge >= 0.3 is 0 Å². The third kappa shape index (κ3) is 3.47. The third-order valence-electron chi connectivity index (χ3n) is 4.02. The largest absolute Gasteiger partial charge is 0.489 e. The van der Waals surface area contributed by atoms with Gasteiger partial charge in [-0.2, -0.15) is 0 Å². The molecule has 1 heterocycles. The van der Waals surface area contributed by atoms with Crippen LogP contribution in [0.4, 0.5) is 0 Å². The Labute approximate surface area is 116 Å². The first-order valence-corrected chi connectivity index (χ1v) is 7.39. The van der Waals surface area contributed by atoms with Gasteiger partial charge in [-0.15, -0.1) is 0 Å². The van der Waals surface area contributed by atoms with E-state index in [1.54, 1.807) is 0 Å². The summed E-state index contributed by atoms with van der Waals surface area (Å²) < 4.78 is 5.76. The van der Waals surface area contributed by atoms with Crippen LogP contribution in [0.15, 0.2) is 18.5 Å². The first-order valence-electron chi connectivity index (χ1n) is 7.39.